The molecule has 2 atom stereocenters. The topological polar surface area (TPSA) is 21.3 Å². The van der Waals surface area contributed by atoms with E-state index in [-0.39, 0.29) is 12.4 Å². The Labute approximate surface area is 107 Å². The minimum Gasteiger partial charge on any atom is -0.371 e. The molecule has 0 spiro atoms. The Morgan fingerprint density at radius 1 is 1.38 bits per heavy atom. The Balaban J connectivity index is 0.000000963. The molecule has 1 aromatic rings. The van der Waals surface area contributed by atoms with Crippen LogP contribution in [0.4, 0.5) is 0 Å². The number of hydrogen-bond acceptors (Lipinski definition) is 2. The van der Waals surface area contributed by atoms with Crippen LogP contribution in [0.5, 0.6) is 0 Å². The van der Waals surface area contributed by atoms with Gasteiger partial charge in [0.15, 0.2) is 0 Å². The van der Waals surface area contributed by atoms with Crippen LogP contribution in [-0.4, -0.2) is 19.2 Å². The van der Waals surface area contributed by atoms with Crippen molar-refractivity contribution < 1.29 is 4.74 Å². The van der Waals surface area contributed by atoms with Gasteiger partial charge < -0.3 is 10.1 Å². The van der Waals surface area contributed by atoms with Gasteiger partial charge >= 0.3 is 0 Å². The van der Waals surface area contributed by atoms with Crippen LogP contribution in [0.15, 0.2) is 12.1 Å². The number of hydrogen-bond donors (Lipinski definition) is 1. The van der Waals surface area contributed by atoms with Gasteiger partial charge in [-0.25, -0.2) is 0 Å². The quantitative estimate of drug-likeness (QED) is 0.774. The predicted octanol–water partition coefficient (Wildman–Crippen LogP) is 2.66. The number of nitrogens with one attached hydrogen (secondary N) is 1. The smallest absolute Gasteiger partial charge is 0.0784 e. The molecule has 2 aliphatic rings. The average molecular weight is 260 g/mol. The van der Waals surface area contributed by atoms with Crippen molar-refractivity contribution in [1.82, 2.24) is 5.32 Å². The summed E-state index contributed by atoms with van der Waals surface area (Å²) in [5.41, 5.74) is 3.72. The molecule has 1 fully saturated rings. The zero-order valence-electron chi connectivity index (χ0n) is 9.13. The van der Waals surface area contributed by atoms with E-state index < -0.39 is 0 Å². The number of fused-ring (bicyclic) bond motifs is 3. The summed E-state index contributed by atoms with van der Waals surface area (Å²) in [5.74, 6) is 0.492. The number of benzene rings is 1. The van der Waals surface area contributed by atoms with E-state index in [1.165, 1.54) is 11.1 Å². The number of rotatable bonds is 0. The molecule has 0 amide bonds. The monoisotopic (exact) mass is 259 g/mol. The lowest BCUT2D eigenvalue weighted by molar-refractivity contribution is 0.0299. The van der Waals surface area contributed by atoms with E-state index in [0.29, 0.717) is 18.6 Å². The second kappa shape index (κ2) is 4.53. The highest BCUT2D eigenvalue weighted by Gasteiger charge is 2.35. The molecule has 1 saturated heterocycles. The zero-order chi connectivity index (χ0) is 10.4. The van der Waals surface area contributed by atoms with Crippen molar-refractivity contribution in [2.75, 3.05) is 13.1 Å². The second-order valence-electron chi connectivity index (χ2n) is 4.38. The molecule has 16 heavy (non-hydrogen) atoms. The first-order chi connectivity index (χ1) is 7.27. The number of ether oxygens (including phenoxy) is 1. The average Bonchev–Trinajstić information content (AvgIpc) is 2.71. The third-order valence-corrected chi connectivity index (χ3v) is 4.00. The summed E-state index contributed by atoms with van der Waals surface area (Å²) in [5, 5.41) is 4.26. The molecule has 2 aliphatic heterocycles. The van der Waals surface area contributed by atoms with Crippen molar-refractivity contribution in [3.63, 3.8) is 0 Å². The van der Waals surface area contributed by atoms with Gasteiger partial charge in [-0.2, -0.15) is 0 Å². The Morgan fingerprint density at radius 2 is 2.19 bits per heavy atom. The van der Waals surface area contributed by atoms with Crippen LogP contribution in [0.2, 0.25) is 5.02 Å². The summed E-state index contributed by atoms with van der Waals surface area (Å²) in [6.07, 6.45) is 0.344. The molecule has 0 aliphatic carbocycles. The molecule has 3 rings (SSSR count). The third-order valence-electron chi connectivity index (χ3n) is 3.47. The summed E-state index contributed by atoms with van der Waals surface area (Å²) in [4.78, 5) is 0. The van der Waals surface area contributed by atoms with Crippen molar-refractivity contribution in [2.45, 2.75) is 25.6 Å². The van der Waals surface area contributed by atoms with Crippen molar-refractivity contribution in [3.8, 4) is 0 Å². The summed E-state index contributed by atoms with van der Waals surface area (Å²) in [7, 11) is 0. The van der Waals surface area contributed by atoms with Crippen LogP contribution < -0.4 is 5.32 Å². The lowest BCUT2D eigenvalue weighted by Gasteiger charge is -2.29. The van der Waals surface area contributed by atoms with Crippen molar-refractivity contribution in [2.24, 2.45) is 0 Å². The molecular formula is C12H15Cl2NO. The van der Waals surface area contributed by atoms with Gasteiger partial charge in [0.1, 0.15) is 0 Å². The molecule has 0 radical (unpaired) electrons. The standard InChI is InChI=1S/C12H14ClNO.ClH/c1-7-2-3-8-9-4-14-5-11(9)15-6-10(8)12(7)13;/h2-3,9,11,14H,4-6H2,1H3;1H. The van der Waals surface area contributed by atoms with Crippen LogP contribution in [0, 0.1) is 6.92 Å². The Hall–Kier alpha value is -0.280. The van der Waals surface area contributed by atoms with E-state index in [4.69, 9.17) is 16.3 Å². The first kappa shape index (κ1) is 12.2. The summed E-state index contributed by atoms with van der Waals surface area (Å²) in [6, 6.07) is 4.32. The maximum absolute atomic E-state index is 6.30. The Bertz CT molecular complexity index is 408. The van der Waals surface area contributed by atoms with Gasteiger partial charge in [0.05, 0.1) is 12.7 Å². The Kier molecular flexibility index (Phi) is 3.45. The van der Waals surface area contributed by atoms with Gasteiger partial charge in [-0.1, -0.05) is 23.7 Å². The van der Waals surface area contributed by atoms with Gasteiger partial charge in [-0.05, 0) is 18.1 Å². The zero-order valence-corrected chi connectivity index (χ0v) is 10.7. The fourth-order valence-electron chi connectivity index (χ4n) is 2.58. The van der Waals surface area contributed by atoms with Gasteiger partial charge in [-0.3, -0.25) is 0 Å². The molecule has 2 heterocycles. The molecule has 2 nitrogen and oxygen atoms in total. The van der Waals surface area contributed by atoms with E-state index in [1.807, 2.05) is 6.92 Å². The van der Waals surface area contributed by atoms with Gasteiger partial charge in [0, 0.05) is 29.6 Å². The van der Waals surface area contributed by atoms with Crippen molar-refractivity contribution >= 4 is 24.0 Å². The second-order valence-corrected chi connectivity index (χ2v) is 4.76. The maximum atomic E-state index is 6.30. The molecule has 2 unspecified atom stereocenters. The van der Waals surface area contributed by atoms with E-state index in [1.54, 1.807) is 0 Å². The number of aryl methyl sites for hydroxylation is 1. The summed E-state index contributed by atoms with van der Waals surface area (Å²) < 4.78 is 5.82. The maximum Gasteiger partial charge on any atom is 0.0784 e. The first-order valence-electron chi connectivity index (χ1n) is 5.37. The lowest BCUT2D eigenvalue weighted by Crippen LogP contribution is -2.27. The van der Waals surface area contributed by atoms with Crippen molar-refractivity contribution in [1.29, 1.82) is 0 Å². The minimum atomic E-state index is 0. The largest absolute Gasteiger partial charge is 0.371 e. The lowest BCUT2D eigenvalue weighted by atomic mass is 9.89. The summed E-state index contributed by atoms with van der Waals surface area (Å²) in [6.45, 7) is 4.69. The minimum absolute atomic E-state index is 0. The van der Waals surface area contributed by atoms with Crippen LogP contribution in [0.25, 0.3) is 0 Å². The molecule has 0 bridgehead atoms. The predicted molar refractivity (Wildman–Crippen MR) is 67.6 cm³/mol. The van der Waals surface area contributed by atoms with Gasteiger partial charge in [0.25, 0.3) is 0 Å². The highest BCUT2D eigenvalue weighted by atomic mass is 35.5. The Morgan fingerprint density at radius 3 is 3.00 bits per heavy atom. The molecule has 0 saturated carbocycles. The highest BCUT2D eigenvalue weighted by molar-refractivity contribution is 6.32. The normalized spacial score (nSPS) is 26.9. The molecule has 88 valence electrons. The number of halogens is 2. The fourth-order valence-corrected chi connectivity index (χ4v) is 2.80. The molecule has 0 aromatic heterocycles. The van der Waals surface area contributed by atoms with E-state index in [2.05, 4.69) is 17.4 Å². The van der Waals surface area contributed by atoms with E-state index >= 15 is 0 Å². The van der Waals surface area contributed by atoms with Crippen LogP contribution in [0.1, 0.15) is 22.6 Å². The molecule has 1 aromatic carbocycles. The van der Waals surface area contributed by atoms with Crippen molar-refractivity contribution in [3.05, 3.63) is 33.8 Å². The van der Waals surface area contributed by atoms with Crippen LogP contribution in [0.3, 0.4) is 0 Å². The first-order valence-corrected chi connectivity index (χ1v) is 5.75. The van der Waals surface area contributed by atoms with Gasteiger partial charge in [0.2, 0.25) is 0 Å². The SMILES string of the molecule is Cc1ccc2c(c1Cl)COC1CNCC21.Cl. The van der Waals surface area contributed by atoms with Gasteiger partial charge in [-0.15, -0.1) is 12.4 Å². The summed E-state index contributed by atoms with van der Waals surface area (Å²) >= 11 is 6.30. The molecular weight excluding hydrogens is 245 g/mol. The van der Waals surface area contributed by atoms with Crippen LogP contribution >= 0.6 is 24.0 Å². The fraction of sp³-hybridized carbons (Fsp3) is 0.500. The molecule has 1 N–H and O–H groups in total. The molecule has 4 heteroatoms. The van der Waals surface area contributed by atoms with Crippen LogP contribution in [-0.2, 0) is 11.3 Å². The van der Waals surface area contributed by atoms with E-state index in [9.17, 15) is 0 Å². The highest BCUT2D eigenvalue weighted by Crippen LogP contribution is 2.37. The third kappa shape index (κ3) is 1.74. The van der Waals surface area contributed by atoms with E-state index in [0.717, 1.165) is 23.7 Å².